The molecule has 0 saturated heterocycles. The molecule has 0 fully saturated rings. The molecule has 3 heteroatoms. The fourth-order valence-corrected chi connectivity index (χ4v) is 1.29. The molecule has 0 heterocycles. The lowest BCUT2D eigenvalue weighted by Crippen LogP contribution is -1.92. The molecule has 0 aromatic heterocycles. The monoisotopic (exact) mass is 196 g/mol. The summed E-state index contributed by atoms with van der Waals surface area (Å²) in [7, 11) is 3.06. The largest absolute Gasteiger partial charge is 0.493 e. The van der Waals surface area contributed by atoms with Crippen molar-refractivity contribution in [3.63, 3.8) is 0 Å². The maximum Gasteiger partial charge on any atom is 0.180 e. The minimum Gasteiger partial charge on any atom is -0.493 e. The molecular weight excluding hydrogens is 188 g/mol. The fourth-order valence-electron chi connectivity index (χ4n) is 1.00. The van der Waals surface area contributed by atoms with Crippen molar-refractivity contribution in [1.29, 1.82) is 0 Å². The Balaban J connectivity index is 3.34. The van der Waals surface area contributed by atoms with Crippen molar-refractivity contribution in [3.05, 3.63) is 22.7 Å². The van der Waals surface area contributed by atoms with Crippen LogP contribution in [0.4, 0.5) is 0 Å². The molecule has 2 nitrogen and oxygen atoms in total. The number of hydrogen-bond acceptors (Lipinski definition) is 2. The summed E-state index contributed by atoms with van der Waals surface area (Å²) in [5.74, 6) is 3.50. The lowest BCUT2D eigenvalue weighted by Gasteiger charge is -2.09. The van der Waals surface area contributed by atoms with Crippen molar-refractivity contribution in [2.75, 3.05) is 14.2 Å². The standard InChI is InChI=1S/C10H9ClO2/c1-4-7-5-6-8(12-2)10(13-3)9(7)11/h1,5-6H,2-3H3. The van der Waals surface area contributed by atoms with Crippen LogP contribution in [0.25, 0.3) is 0 Å². The van der Waals surface area contributed by atoms with Crippen molar-refractivity contribution in [1.82, 2.24) is 0 Å². The van der Waals surface area contributed by atoms with E-state index in [-0.39, 0.29) is 0 Å². The van der Waals surface area contributed by atoms with Crippen LogP contribution in [-0.4, -0.2) is 14.2 Å². The van der Waals surface area contributed by atoms with Crippen LogP contribution in [0.15, 0.2) is 12.1 Å². The summed E-state index contributed by atoms with van der Waals surface area (Å²) in [4.78, 5) is 0. The topological polar surface area (TPSA) is 18.5 Å². The van der Waals surface area contributed by atoms with E-state index < -0.39 is 0 Å². The van der Waals surface area contributed by atoms with Crippen molar-refractivity contribution >= 4 is 11.6 Å². The Morgan fingerprint density at radius 1 is 1.31 bits per heavy atom. The number of hydrogen-bond donors (Lipinski definition) is 0. The van der Waals surface area contributed by atoms with Gasteiger partial charge in [-0.3, -0.25) is 0 Å². The van der Waals surface area contributed by atoms with E-state index >= 15 is 0 Å². The summed E-state index contributed by atoms with van der Waals surface area (Å²) in [6.07, 6.45) is 5.23. The Kier molecular flexibility index (Phi) is 3.05. The van der Waals surface area contributed by atoms with Gasteiger partial charge in [0.1, 0.15) is 5.02 Å². The molecule has 0 aliphatic heterocycles. The molecule has 0 bridgehead atoms. The molecule has 0 saturated carbocycles. The Morgan fingerprint density at radius 2 is 2.00 bits per heavy atom. The zero-order chi connectivity index (χ0) is 9.84. The van der Waals surface area contributed by atoms with E-state index in [0.29, 0.717) is 22.1 Å². The van der Waals surface area contributed by atoms with Gasteiger partial charge in [0.15, 0.2) is 11.5 Å². The van der Waals surface area contributed by atoms with Crippen molar-refractivity contribution in [2.24, 2.45) is 0 Å². The molecule has 0 aliphatic carbocycles. The van der Waals surface area contributed by atoms with Gasteiger partial charge >= 0.3 is 0 Å². The SMILES string of the molecule is C#Cc1ccc(OC)c(OC)c1Cl. The normalized spacial score (nSPS) is 9.08. The van der Waals surface area contributed by atoms with Crippen molar-refractivity contribution in [2.45, 2.75) is 0 Å². The summed E-state index contributed by atoms with van der Waals surface area (Å²) in [5, 5.41) is 0.407. The highest BCUT2D eigenvalue weighted by Crippen LogP contribution is 2.36. The van der Waals surface area contributed by atoms with Crippen LogP contribution in [0.5, 0.6) is 11.5 Å². The van der Waals surface area contributed by atoms with Gasteiger partial charge in [0, 0.05) is 5.56 Å². The second-order valence-corrected chi connectivity index (χ2v) is 2.68. The Morgan fingerprint density at radius 3 is 2.46 bits per heavy atom. The minimum absolute atomic E-state index is 0.407. The number of methoxy groups -OCH3 is 2. The Hall–Kier alpha value is -1.33. The van der Waals surface area contributed by atoms with Gasteiger partial charge < -0.3 is 9.47 Å². The van der Waals surface area contributed by atoms with Gasteiger partial charge in [-0.15, -0.1) is 6.42 Å². The molecule has 68 valence electrons. The molecule has 13 heavy (non-hydrogen) atoms. The smallest absolute Gasteiger partial charge is 0.180 e. The average Bonchev–Trinajstić information content (AvgIpc) is 2.17. The molecule has 0 aliphatic rings. The van der Waals surface area contributed by atoms with Crippen LogP contribution in [0.3, 0.4) is 0 Å². The molecule has 0 atom stereocenters. The average molecular weight is 197 g/mol. The lowest BCUT2D eigenvalue weighted by molar-refractivity contribution is 0.355. The van der Waals surface area contributed by atoms with Crippen LogP contribution in [0.1, 0.15) is 5.56 Å². The molecule has 0 radical (unpaired) electrons. The Bertz CT molecular complexity index is 353. The molecule has 0 unspecified atom stereocenters. The van der Waals surface area contributed by atoms with Crippen LogP contribution < -0.4 is 9.47 Å². The predicted molar refractivity (Wildman–Crippen MR) is 52.5 cm³/mol. The summed E-state index contributed by atoms with van der Waals surface area (Å²) in [5.41, 5.74) is 0.597. The van der Waals surface area contributed by atoms with Gasteiger partial charge in [0.25, 0.3) is 0 Å². The van der Waals surface area contributed by atoms with E-state index in [1.807, 2.05) is 0 Å². The first-order chi connectivity index (χ1) is 6.24. The van der Waals surface area contributed by atoms with Gasteiger partial charge in [-0.05, 0) is 12.1 Å². The highest BCUT2D eigenvalue weighted by Gasteiger charge is 2.11. The fraction of sp³-hybridized carbons (Fsp3) is 0.200. The van der Waals surface area contributed by atoms with Gasteiger partial charge in [0.2, 0.25) is 0 Å². The molecular formula is C10H9ClO2. The maximum atomic E-state index is 5.95. The Labute approximate surface area is 82.4 Å². The second kappa shape index (κ2) is 4.06. The summed E-state index contributed by atoms with van der Waals surface area (Å²) in [6, 6.07) is 3.43. The summed E-state index contributed by atoms with van der Waals surface area (Å²) < 4.78 is 10.1. The first-order valence-electron chi connectivity index (χ1n) is 3.61. The predicted octanol–water partition coefficient (Wildman–Crippen LogP) is 2.34. The van der Waals surface area contributed by atoms with E-state index in [4.69, 9.17) is 27.5 Å². The molecule has 0 amide bonds. The third kappa shape index (κ3) is 1.71. The molecule has 1 rings (SSSR count). The number of benzene rings is 1. The van der Waals surface area contributed by atoms with E-state index in [1.54, 1.807) is 19.2 Å². The van der Waals surface area contributed by atoms with Crippen LogP contribution in [-0.2, 0) is 0 Å². The van der Waals surface area contributed by atoms with Crippen molar-refractivity contribution in [3.8, 4) is 23.8 Å². The lowest BCUT2D eigenvalue weighted by atomic mass is 10.2. The molecule has 1 aromatic rings. The maximum absolute atomic E-state index is 5.95. The number of halogens is 1. The quantitative estimate of drug-likeness (QED) is 0.676. The summed E-state index contributed by atoms with van der Waals surface area (Å²) >= 11 is 5.95. The third-order valence-electron chi connectivity index (χ3n) is 1.64. The van der Waals surface area contributed by atoms with E-state index in [1.165, 1.54) is 7.11 Å². The van der Waals surface area contributed by atoms with Crippen LogP contribution in [0, 0.1) is 12.3 Å². The van der Waals surface area contributed by atoms with Crippen molar-refractivity contribution < 1.29 is 9.47 Å². The highest BCUT2D eigenvalue weighted by atomic mass is 35.5. The van der Waals surface area contributed by atoms with E-state index in [0.717, 1.165) is 0 Å². The highest BCUT2D eigenvalue weighted by molar-refractivity contribution is 6.33. The van der Waals surface area contributed by atoms with E-state index in [2.05, 4.69) is 5.92 Å². The van der Waals surface area contributed by atoms with E-state index in [9.17, 15) is 0 Å². The van der Waals surface area contributed by atoms with Crippen LogP contribution in [0.2, 0.25) is 5.02 Å². The zero-order valence-corrected chi connectivity index (χ0v) is 8.18. The molecule has 0 spiro atoms. The first kappa shape index (κ1) is 9.76. The van der Waals surface area contributed by atoms with Crippen LogP contribution >= 0.6 is 11.6 Å². The number of rotatable bonds is 2. The number of terminal acetylenes is 1. The minimum atomic E-state index is 0.407. The number of ether oxygens (including phenoxy) is 2. The molecule has 1 aromatic carbocycles. The van der Waals surface area contributed by atoms with Gasteiger partial charge in [-0.2, -0.15) is 0 Å². The molecule has 0 N–H and O–H groups in total. The third-order valence-corrected chi connectivity index (χ3v) is 2.02. The second-order valence-electron chi connectivity index (χ2n) is 2.31. The zero-order valence-electron chi connectivity index (χ0n) is 7.43. The van der Waals surface area contributed by atoms with Gasteiger partial charge in [0.05, 0.1) is 14.2 Å². The summed E-state index contributed by atoms with van der Waals surface area (Å²) in [6.45, 7) is 0. The van der Waals surface area contributed by atoms with Gasteiger partial charge in [-0.25, -0.2) is 0 Å². The van der Waals surface area contributed by atoms with Gasteiger partial charge in [-0.1, -0.05) is 17.5 Å². The first-order valence-corrected chi connectivity index (χ1v) is 3.99.